The number of carbonyl (C=O) groups is 1. The number of aromatic nitrogens is 1. The molecular formula is C26H36N4O3S2. The Kier molecular flexibility index (Phi) is 7.71. The minimum Gasteiger partial charge on any atom is -0.366 e. The van der Waals surface area contributed by atoms with E-state index in [0.29, 0.717) is 30.6 Å². The van der Waals surface area contributed by atoms with Crippen molar-refractivity contribution in [3.05, 3.63) is 46.5 Å². The second kappa shape index (κ2) is 10.4. The average molecular weight is 517 g/mol. The number of hydrogen-bond acceptors (Lipinski definition) is 5. The zero-order chi connectivity index (χ0) is 25.3. The van der Waals surface area contributed by atoms with Gasteiger partial charge in [0.05, 0.1) is 16.8 Å². The van der Waals surface area contributed by atoms with Crippen LogP contribution in [0.4, 0.5) is 0 Å². The Morgan fingerprint density at radius 3 is 2.57 bits per heavy atom. The van der Waals surface area contributed by atoms with E-state index in [-0.39, 0.29) is 11.7 Å². The van der Waals surface area contributed by atoms with Crippen molar-refractivity contribution >= 4 is 38.2 Å². The Hall–Kier alpha value is -2.20. The Morgan fingerprint density at radius 2 is 1.94 bits per heavy atom. The second-order valence-electron chi connectivity index (χ2n) is 9.81. The first-order chi connectivity index (χ1) is 16.6. The maximum Gasteiger partial charge on any atom is 0.250 e. The highest BCUT2D eigenvalue weighted by molar-refractivity contribution is 7.89. The number of aromatic amines is 1. The van der Waals surface area contributed by atoms with Crippen LogP contribution in [-0.2, 0) is 16.6 Å². The Labute approximate surface area is 212 Å². The van der Waals surface area contributed by atoms with Crippen molar-refractivity contribution in [1.29, 1.82) is 0 Å². The van der Waals surface area contributed by atoms with Crippen molar-refractivity contribution in [3.63, 3.8) is 0 Å². The number of thiophene rings is 1. The van der Waals surface area contributed by atoms with Gasteiger partial charge in [-0.05, 0) is 73.9 Å². The fourth-order valence-corrected chi connectivity index (χ4v) is 6.76. The fourth-order valence-electron chi connectivity index (χ4n) is 4.68. The smallest absolute Gasteiger partial charge is 0.250 e. The summed E-state index contributed by atoms with van der Waals surface area (Å²) in [6.07, 6.45) is 3.48. The van der Waals surface area contributed by atoms with E-state index in [1.807, 2.05) is 12.3 Å². The van der Waals surface area contributed by atoms with Crippen LogP contribution in [-0.4, -0.2) is 48.5 Å². The van der Waals surface area contributed by atoms with Crippen molar-refractivity contribution in [2.24, 2.45) is 11.7 Å². The first-order valence-electron chi connectivity index (χ1n) is 12.4. The number of hydrogen-bond donors (Lipinski definition) is 3. The number of primary amides is 1. The van der Waals surface area contributed by atoms with Crippen LogP contribution in [0.25, 0.3) is 21.3 Å². The molecule has 4 rings (SSSR count). The molecule has 0 radical (unpaired) electrons. The zero-order valence-electron chi connectivity index (χ0n) is 20.9. The lowest BCUT2D eigenvalue weighted by Crippen LogP contribution is -2.38. The molecule has 1 unspecified atom stereocenters. The van der Waals surface area contributed by atoms with Crippen molar-refractivity contribution < 1.29 is 13.2 Å². The molecule has 0 saturated carbocycles. The number of rotatable bonds is 9. The molecule has 4 N–H and O–H groups in total. The van der Waals surface area contributed by atoms with Gasteiger partial charge in [0, 0.05) is 47.0 Å². The van der Waals surface area contributed by atoms with Crippen LogP contribution >= 0.6 is 11.3 Å². The molecule has 1 amide bonds. The molecule has 0 spiro atoms. The van der Waals surface area contributed by atoms with Crippen molar-refractivity contribution in [1.82, 2.24) is 14.6 Å². The van der Waals surface area contributed by atoms with Gasteiger partial charge in [0.1, 0.15) is 0 Å². The number of nitrogens with one attached hydrogen (secondary N) is 2. The normalized spacial score (nSPS) is 16.8. The molecule has 2 aromatic heterocycles. The van der Waals surface area contributed by atoms with E-state index in [1.165, 1.54) is 4.88 Å². The van der Waals surface area contributed by atoms with Crippen molar-refractivity contribution in [2.75, 3.05) is 18.8 Å². The predicted molar refractivity (Wildman–Crippen MR) is 144 cm³/mol. The monoisotopic (exact) mass is 516 g/mol. The highest BCUT2D eigenvalue weighted by Gasteiger charge is 2.29. The number of nitrogens with two attached hydrogens (primary N) is 1. The van der Waals surface area contributed by atoms with Gasteiger partial charge in [-0.2, -0.15) is 0 Å². The maximum atomic E-state index is 12.3. The summed E-state index contributed by atoms with van der Waals surface area (Å²) >= 11 is 1.72. The molecule has 1 fully saturated rings. The molecule has 190 valence electrons. The van der Waals surface area contributed by atoms with Crippen LogP contribution in [0.1, 0.15) is 67.3 Å². The van der Waals surface area contributed by atoms with Gasteiger partial charge in [0.2, 0.25) is 10.0 Å². The van der Waals surface area contributed by atoms with Crippen LogP contribution in [0.15, 0.2) is 30.5 Å². The molecule has 1 aliphatic rings. The number of amides is 1. The van der Waals surface area contributed by atoms with Gasteiger partial charge in [-0.25, -0.2) is 12.7 Å². The zero-order valence-corrected chi connectivity index (χ0v) is 22.6. The average Bonchev–Trinajstić information content (AvgIpc) is 3.49. The van der Waals surface area contributed by atoms with Gasteiger partial charge in [0.15, 0.2) is 0 Å². The number of carbonyl (C=O) groups excluding carboxylic acids is 1. The third kappa shape index (κ3) is 5.48. The maximum absolute atomic E-state index is 12.3. The molecular weight excluding hydrogens is 480 g/mol. The number of piperidine rings is 1. The predicted octanol–water partition coefficient (Wildman–Crippen LogP) is 4.66. The molecule has 0 bridgehead atoms. The summed E-state index contributed by atoms with van der Waals surface area (Å²) < 4.78 is 26.1. The fraction of sp³-hybridized carbons (Fsp3) is 0.500. The lowest BCUT2D eigenvalue weighted by molar-refractivity contribution is 0.100. The first kappa shape index (κ1) is 25.9. The third-order valence-corrected chi connectivity index (χ3v) is 10.3. The van der Waals surface area contributed by atoms with Crippen LogP contribution in [0.2, 0.25) is 0 Å². The van der Waals surface area contributed by atoms with Gasteiger partial charge < -0.3 is 16.0 Å². The van der Waals surface area contributed by atoms with Crippen molar-refractivity contribution in [3.8, 4) is 10.4 Å². The number of H-pyrrole nitrogens is 1. The molecule has 1 saturated heterocycles. The van der Waals surface area contributed by atoms with E-state index >= 15 is 0 Å². The number of fused-ring (bicyclic) bond motifs is 1. The molecule has 35 heavy (non-hydrogen) atoms. The van der Waals surface area contributed by atoms with Gasteiger partial charge in [-0.15, -0.1) is 11.3 Å². The van der Waals surface area contributed by atoms with Crippen molar-refractivity contribution in [2.45, 2.75) is 59.0 Å². The highest BCUT2D eigenvalue weighted by Crippen LogP contribution is 2.38. The van der Waals surface area contributed by atoms with Gasteiger partial charge in [-0.3, -0.25) is 4.79 Å². The lowest BCUT2D eigenvalue weighted by Gasteiger charge is -2.31. The van der Waals surface area contributed by atoms with Gasteiger partial charge in [-0.1, -0.05) is 13.8 Å². The molecule has 9 heteroatoms. The van der Waals surface area contributed by atoms with Gasteiger partial charge >= 0.3 is 0 Å². The highest BCUT2D eigenvalue weighted by atomic mass is 32.2. The quantitative estimate of drug-likeness (QED) is 0.384. The summed E-state index contributed by atoms with van der Waals surface area (Å²) in [6.45, 7) is 10.1. The summed E-state index contributed by atoms with van der Waals surface area (Å²) in [4.78, 5) is 18.0. The van der Waals surface area contributed by atoms with E-state index in [4.69, 9.17) is 5.73 Å². The minimum absolute atomic E-state index is 0.130. The summed E-state index contributed by atoms with van der Waals surface area (Å²) in [6, 6.07) is 8.69. The van der Waals surface area contributed by atoms with E-state index in [1.54, 1.807) is 22.6 Å². The van der Waals surface area contributed by atoms with Gasteiger partial charge in [0.25, 0.3) is 5.91 Å². The summed E-state index contributed by atoms with van der Waals surface area (Å²) in [7, 11) is -3.17. The van der Waals surface area contributed by atoms with Crippen LogP contribution in [0.3, 0.4) is 0 Å². The van der Waals surface area contributed by atoms with E-state index in [0.717, 1.165) is 46.3 Å². The SMILES string of the molecule is CCS(=O)(=O)N1CCC(c2c[nH]c3c(C(N)=O)cc(-c4ccc(CNC(C)C(C)C)s4)cc23)CC1. The molecule has 1 aromatic carbocycles. The number of nitrogens with zero attached hydrogens (tertiary/aromatic N) is 1. The molecule has 1 aliphatic heterocycles. The van der Waals surface area contributed by atoms with Crippen LogP contribution in [0.5, 0.6) is 0 Å². The Bertz CT molecular complexity index is 1300. The number of benzene rings is 1. The van der Waals surface area contributed by atoms with E-state index in [2.05, 4.69) is 49.3 Å². The Morgan fingerprint density at radius 1 is 1.23 bits per heavy atom. The minimum atomic E-state index is -3.17. The second-order valence-corrected chi connectivity index (χ2v) is 13.2. The Balaban J connectivity index is 1.63. The molecule has 7 nitrogen and oxygen atoms in total. The van der Waals surface area contributed by atoms with Crippen LogP contribution < -0.4 is 11.1 Å². The standard InChI is InChI=1S/C26H36N4O3S2/c1-5-35(32,33)30-10-8-18(9-11-30)23-15-29-25-21(23)12-19(13-22(25)26(27)31)24-7-6-20(34-24)14-28-17(4)16(2)3/h6-7,12-13,15-18,28-29H,5,8-11,14H2,1-4H3,(H2,27,31). The molecule has 3 heterocycles. The lowest BCUT2D eigenvalue weighted by atomic mass is 9.89. The molecule has 3 aromatic rings. The van der Waals surface area contributed by atoms with Crippen LogP contribution in [0, 0.1) is 5.92 Å². The number of sulfonamides is 1. The molecule has 1 atom stereocenters. The van der Waals surface area contributed by atoms with E-state index < -0.39 is 15.9 Å². The van der Waals surface area contributed by atoms with E-state index in [9.17, 15) is 13.2 Å². The topological polar surface area (TPSA) is 108 Å². The largest absolute Gasteiger partial charge is 0.366 e. The molecule has 0 aliphatic carbocycles. The summed E-state index contributed by atoms with van der Waals surface area (Å²) in [5, 5.41) is 4.57. The summed E-state index contributed by atoms with van der Waals surface area (Å²) in [5.41, 5.74) is 9.11. The third-order valence-electron chi connectivity index (χ3n) is 7.28. The first-order valence-corrected chi connectivity index (χ1v) is 14.8. The summed E-state index contributed by atoms with van der Waals surface area (Å²) in [5.74, 6) is 0.461.